The van der Waals surface area contributed by atoms with E-state index in [-0.39, 0.29) is 0 Å². The minimum atomic E-state index is -3.29. The third kappa shape index (κ3) is 1.76. The topological polar surface area (TPSA) is 48.4 Å². The highest BCUT2D eigenvalue weighted by molar-refractivity contribution is 7.62. The third-order valence-corrected chi connectivity index (χ3v) is 4.23. The molecule has 1 heterocycles. The smallest absolute Gasteiger partial charge is 0.307 e. The summed E-state index contributed by atoms with van der Waals surface area (Å²) in [6, 6.07) is 9.41. The Balaban J connectivity index is 2.74. The minimum absolute atomic E-state index is 0.357. The van der Waals surface area contributed by atoms with Crippen molar-refractivity contribution in [2.24, 2.45) is 0 Å². The zero-order chi connectivity index (χ0) is 11.6. The molecule has 1 aromatic heterocycles. The van der Waals surface area contributed by atoms with Gasteiger partial charge in [0.2, 0.25) is 0 Å². The fourth-order valence-corrected chi connectivity index (χ4v) is 2.77. The first-order chi connectivity index (χ1) is 7.71. The van der Waals surface area contributed by atoms with Gasteiger partial charge in [-0.15, -0.1) is 0 Å². The molecule has 16 heavy (non-hydrogen) atoms. The van der Waals surface area contributed by atoms with Gasteiger partial charge in [0.25, 0.3) is 0 Å². The predicted molar refractivity (Wildman–Crippen MR) is 63.0 cm³/mol. The predicted octanol–water partition coefficient (Wildman–Crippen LogP) is 2.35. The molecule has 0 atom stereocenters. The molecule has 0 N–H and O–H groups in total. The number of rotatable bonds is 3. The Morgan fingerprint density at radius 2 is 1.81 bits per heavy atom. The average Bonchev–Trinajstić information content (AvgIpc) is 2.37. The van der Waals surface area contributed by atoms with Crippen LogP contribution in [0.5, 0.6) is 0 Å². The lowest BCUT2D eigenvalue weighted by Gasteiger charge is -2.14. The van der Waals surface area contributed by atoms with E-state index in [0.29, 0.717) is 5.44 Å². The van der Waals surface area contributed by atoms with Crippen LogP contribution in [0.3, 0.4) is 0 Å². The first-order valence-corrected chi connectivity index (χ1v) is 6.31. The molecule has 2 aromatic rings. The molecule has 0 aliphatic rings. The normalized spacial score (nSPS) is 11.9. The van der Waals surface area contributed by atoms with Crippen molar-refractivity contribution < 1.29 is 13.6 Å². The number of benzene rings is 1. The molecule has 5 heteroatoms. The van der Waals surface area contributed by atoms with Crippen molar-refractivity contribution in [2.75, 3.05) is 14.2 Å². The molecule has 0 aliphatic heterocycles. The number of hydrogen-bond donors (Lipinski definition) is 0. The molecule has 0 aliphatic carbocycles. The van der Waals surface area contributed by atoms with E-state index in [0.717, 1.165) is 10.8 Å². The van der Waals surface area contributed by atoms with Crippen LogP contribution >= 0.6 is 7.60 Å². The van der Waals surface area contributed by atoms with Crippen molar-refractivity contribution in [1.29, 1.82) is 0 Å². The SMILES string of the molecule is COP(=O)(OC)c1nccc2ccccc12. The van der Waals surface area contributed by atoms with Gasteiger partial charge in [0.1, 0.15) is 0 Å². The molecule has 0 amide bonds. The molecule has 0 unspecified atom stereocenters. The highest BCUT2D eigenvalue weighted by Gasteiger charge is 2.28. The molecule has 4 nitrogen and oxygen atoms in total. The first-order valence-electron chi connectivity index (χ1n) is 4.77. The van der Waals surface area contributed by atoms with E-state index in [1.54, 1.807) is 6.20 Å². The van der Waals surface area contributed by atoms with Gasteiger partial charge < -0.3 is 9.05 Å². The van der Waals surface area contributed by atoms with Gasteiger partial charge in [-0.3, -0.25) is 4.57 Å². The second-order valence-electron chi connectivity index (χ2n) is 3.22. The summed E-state index contributed by atoms with van der Waals surface area (Å²) in [5.74, 6) is 0. The lowest BCUT2D eigenvalue weighted by molar-refractivity contribution is 0.287. The Morgan fingerprint density at radius 1 is 1.12 bits per heavy atom. The van der Waals surface area contributed by atoms with Crippen LogP contribution < -0.4 is 5.44 Å². The lowest BCUT2D eigenvalue weighted by Crippen LogP contribution is -2.13. The van der Waals surface area contributed by atoms with E-state index in [2.05, 4.69) is 4.98 Å². The Kier molecular flexibility index (Phi) is 3.06. The second-order valence-corrected chi connectivity index (χ2v) is 5.37. The van der Waals surface area contributed by atoms with Crippen LogP contribution in [-0.4, -0.2) is 19.2 Å². The van der Waals surface area contributed by atoms with Crippen LogP contribution in [-0.2, 0) is 13.6 Å². The summed E-state index contributed by atoms with van der Waals surface area (Å²) < 4.78 is 22.2. The zero-order valence-electron chi connectivity index (χ0n) is 9.08. The van der Waals surface area contributed by atoms with E-state index < -0.39 is 7.60 Å². The molecule has 0 saturated carbocycles. The molecule has 84 valence electrons. The number of nitrogens with zero attached hydrogens (tertiary/aromatic N) is 1. The van der Waals surface area contributed by atoms with E-state index in [1.165, 1.54) is 14.2 Å². The molecule has 0 saturated heterocycles. The van der Waals surface area contributed by atoms with Crippen LogP contribution in [0.1, 0.15) is 0 Å². The maximum atomic E-state index is 12.3. The molecular formula is C11H12NO3P. The Morgan fingerprint density at radius 3 is 2.50 bits per heavy atom. The number of aromatic nitrogens is 1. The number of pyridine rings is 1. The van der Waals surface area contributed by atoms with Gasteiger partial charge in [-0.2, -0.15) is 0 Å². The summed E-state index contributed by atoms with van der Waals surface area (Å²) in [5, 5.41) is 1.75. The van der Waals surface area contributed by atoms with Crippen LogP contribution in [0, 0.1) is 0 Å². The van der Waals surface area contributed by atoms with Crippen molar-refractivity contribution in [2.45, 2.75) is 0 Å². The second kappa shape index (κ2) is 4.34. The van der Waals surface area contributed by atoms with Crippen LogP contribution in [0.15, 0.2) is 36.5 Å². The monoisotopic (exact) mass is 237 g/mol. The van der Waals surface area contributed by atoms with Crippen molar-refractivity contribution in [1.82, 2.24) is 4.98 Å². The largest absolute Gasteiger partial charge is 0.379 e. The summed E-state index contributed by atoms with van der Waals surface area (Å²) in [5.41, 5.74) is 0.357. The zero-order valence-corrected chi connectivity index (χ0v) is 9.98. The van der Waals surface area contributed by atoms with Gasteiger partial charge in [-0.05, 0) is 11.5 Å². The van der Waals surface area contributed by atoms with Gasteiger partial charge in [-0.1, -0.05) is 24.3 Å². The summed E-state index contributed by atoms with van der Waals surface area (Å²) in [6.07, 6.45) is 1.60. The van der Waals surface area contributed by atoms with E-state index in [9.17, 15) is 4.57 Å². The van der Waals surface area contributed by atoms with Crippen LogP contribution in [0.25, 0.3) is 10.8 Å². The molecule has 0 bridgehead atoms. The molecule has 0 radical (unpaired) electrons. The summed E-state index contributed by atoms with van der Waals surface area (Å²) in [4.78, 5) is 4.11. The van der Waals surface area contributed by atoms with Gasteiger partial charge in [-0.25, -0.2) is 4.98 Å². The fraction of sp³-hybridized carbons (Fsp3) is 0.182. The quantitative estimate of drug-likeness (QED) is 0.769. The molecular weight excluding hydrogens is 225 g/mol. The molecule has 2 rings (SSSR count). The standard InChI is InChI=1S/C11H12NO3P/c1-14-16(13,15-2)11-10-6-4-3-5-9(10)7-8-12-11/h3-8H,1-2H3. The number of fused-ring (bicyclic) bond motifs is 1. The van der Waals surface area contributed by atoms with Crippen molar-refractivity contribution in [3.05, 3.63) is 36.5 Å². The minimum Gasteiger partial charge on any atom is -0.307 e. The maximum Gasteiger partial charge on any atom is 0.379 e. The summed E-state index contributed by atoms with van der Waals surface area (Å²) in [7, 11) is -0.580. The maximum absolute atomic E-state index is 12.3. The number of hydrogen-bond acceptors (Lipinski definition) is 4. The van der Waals surface area contributed by atoms with Crippen LogP contribution in [0.4, 0.5) is 0 Å². The van der Waals surface area contributed by atoms with Crippen LogP contribution in [0.2, 0.25) is 0 Å². The van der Waals surface area contributed by atoms with Crippen molar-refractivity contribution in [3.8, 4) is 0 Å². The average molecular weight is 237 g/mol. The van der Waals surface area contributed by atoms with E-state index in [4.69, 9.17) is 9.05 Å². The first kappa shape index (κ1) is 11.3. The van der Waals surface area contributed by atoms with Gasteiger partial charge in [0, 0.05) is 25.8 Å². The van der Waals surface area contributed by atoms with Crippen molar-refractivity contribution >= 4 is 23.8 Å². The molecule has 1 aromatic carbocycles. The Labute approximate surface area is 93.8 Å². The van der Waals surface area contributed by atoms with Gasteiger partial charge in [0.05, 0.1) is 0 Å². The lowest BCUT2D eigenvalue weighted by atomic mass is 10.2. The third-order valence-electron chi connectivity index (χ3n) is 2.39. The molecule has 0 spiro atoms. The summed E-state index contributed by atoms with van der Waals surface area (Å²) in [6.45, 7) is 0. The summed E-state index contributed by atoms with van der Waals surface area (Å²) >= 11 is 0. The fourth-order valence-electron chi connectivity index (χ4n) is 1.57. The highest BCUT2D eigenvalue weighted by Crippen LogP contribution is 2.45. The van der Waals surface area contributed by atoms with Gasteiger partial charge >= 0.3 is 7.60 Å². The Bertz CT molecular complexity index is 542. The van der Waals surface area contributed by atoms with Crippen molar-refractivity contribution in [3.63, 3.8) is 0 Å². The van der Waals surface area contributed by atoms with E-state index in [1.807, 2.05) is 30.3 Å². The van der Waals surface area contributed by atoms with E-state index >= 15 is 0 Å². The van der Waals surface area contributed by atoms with Gasteiger partial charge in [0.15, 0.2) is 5.44 Å². The Hall–Kier alpha value is -1.22. The highest BCUT2D eigenvalue weighted by atomic mass is 31.2. The molecule has 0 fully saturated rings.